The molecule has 4 heteroatoms. The standard InChI is InChI=1S/C15H19NO3/c17-15(18-10-11-5-2-1-3-6-11)19-14-9-12-7-4-8-13(12)16-14/h1-3,5-6,12-14,16H,4,7-10H2/t12?,13-,14?/m1/s1. The van der Waals surface area contributed by atoms with Gasteiger partial charge in [0, 0.05) is 12.5 Å². The van der Waals surface area contributed by atoms with Crippen molar-refractivity contribution >= 4 is 6.16 Å². The van der Waals surface area contributed by atoms with Gasteiger partial charge in [0.25, 0.3) is 0 Å². The summed E-state index contributed by atoms with van der Waals surface area (Å²) in [4.78, 5) is 11.6. The van der Waals surface area contributed by atoms with Gasteiger partial charge in [0.2, 0.25) is 0 Å². The van der Waals surface area contributed by atoms with Crippen LogP contribution in [0.2, 0.25) is 0 Å². The van der Waals surface area contributed by atoms with Gasteiger partial charge in [-0.2, -0.15) is 0 Å². The highest BCUT2D eigenvalue weighted by Gasteiger charge is 2.38. The fourth-order valence-electron chi connectivity index (χ4n) is 3.07. The number of hydrogen-bond donors (Lipinski definition) is 1. The molecule has 0 radical (unpaired) electrons. The molecule has 19 heavy (non-hydrogen) atoms. The number of benzene rings is 1. The van der Waals surface area contributed by atoms with Crippen LogP contribution in [0.4, 0.5) is 4.79 Å². The second-order valence-corrected chi connectivity index (χ2v) is 5.33. The Labute approximate surface area is 113 Å². The molecule has 0 amide bonds. The molecule has 2 aliphatic rings. The van der Waals surface area contributed by atoms with E-state index in [1.807, 2.05) is 30.3 Å². The Morgan fingerprint density at radius 2 is 2.11 bits per heavy atom. The third kappa shape index (κ3) is 3.07. The molecule has 0 spiro atoms. The fraction of sp³-hybridized carbons (Fsp3) is 0.533. The van der Waals surface area contributed by atoms with E-state index in [-0.39, 0.29) is 12.8 Å². The van der Waals surface area contributed by atoms with E-state index in [1.165, 1.54) is 19.3 Å². The topological polar surface area (TPSA) is 47.6 Å². The van der Waals surface area contributed by atoms with Crippen molar-refractivity contribution in [1.29, 1.82) is 0 Å². The zero-order valence-electron chi connectivity index (χ0n) is 10.9. The first-order valence-electron chi connectivity index (χ1n) is 6.94. The minimum atomic E-state index is -0.582. The molecular formula is C15H19NO3. The van der Waals surface area contributed by atoms with E-state index in [2.05, 4.69) is 5.32 Å². The van der Waals surface area contributed by atoms with E-state index in [9.17, 15) is 4.79 Å². The molecule has 4 nitrogen and oxygen atoms in total. The lowest BCUT2D eigenvalue weighted by molar-refractivity contribution is 0.0116. The number of nitrogens with one attached hydrogen (secondary N) is 1. The molecule has 0 aromatic heterocycles. The minimum Gasteiger partial charge on any atom is -0.429 e. The summed E-state index contributed by atoms with van der Waals surface area (Å²) in [5.41, 5.74) is 0.968. The number of fused-ring (bicyclic) bond motifs is 1. The van der Waals surface area contributed by atoms with Gasteiger partial charge >= 0.3 is 6.16 Å². The van der Waals surface area contributed by atoms with Gasteiger partial charge in [-0.1, -0.05) is 36.8 Å². The summed E-state index contributed by atoms with van der Waals surface area (Å²) < 4.78 is 10.4. The zero-order chi connectivity index (χ0) is 13.1. The van der Waals surface area contributed by atoms with Crippen LogP contribution in [0.3, 0.4) is 0 Å². The van der Waals surface area contributed by atoms with Crippen molar-refractivity contribution in [1.82, 2.24) is 5.32 Å². The summed E-state index contributed by atoms with van der Waals surface area (Å²) in [7, 11) is 0. The van der Waals surface area contributed by atoms with Gasteiger partial charge in [-0.15, -0.1) is 0 Å². The lowest BCUT2D eigenvalue weighted by Gasteiger charge is -2.14. The predicted molar refractivity (Wildman–Crippen MR) is 70.4 cm³/mol. The molecular weight excluding hydrogens is 242 g/mol. The maximum absolute atomic E-state index is 11.6. The third-order valence-corrected chi connectivity index (χ3v) is 4.01. The average molecular weight is 261 g/mol. The van der Waals surface area contributed by atoms with Gasteiger partial charge in [-0.05, 0) is 24.3 Å². The fourth-order valence-corrected chi connectivity index (χ4v) is 3.07. The molecule has 2 unspecified atom stereocenters. The second kappa shape index (κ2) is 5.61. The summed E-state index contributed by atoms with van der Waals surface area (Å²) in [6.45, 7) is 0.263. The van der Waals surface area contributed by atoms with Crippen molar-refractivity contribution in [3.05, 3.63) is 35.9 Å². The zero-order valence-corrected chi connectivity index (χ0v) is 10.9. The van der Waals surface area contributed by atoms with Crippen molar-refractivity contribution in [3.63, 3.8) is 0 Å². The number of ether oxygens (including phenoxy) is 2. The average Bonchev–Trinajstić information content (AvgIpc) is 2.98. The summed E-state index contributed by atoms with van der Waals surface area (Å²) in [6, 6.07) is 10.2. The number of hydrogen-bond acceptors (Lipinski definition) is 4. The molecule has 1 aromatic carbocycles. The van der Waals surface area contributed by atoms with Gasteiger partial charge in [0.05, 0.1) is 0 Å². The van der Waals surface area contributed by atoms with E-state index < -0.39 is 6.16 Å². The highest BCUT2D eigenvalue weighted by Crippen LogP contribution is 2.34. The highest BCUT2D eigenvalue weighted by molar-refractivity contribution is 5.60. The van der Waals surface area contributed by atoms with Crippen molar-refractivity contribution in [3.8, 4) is 0 Å². The molecule has 3 atom stereocenters. The van der Waals surface area contributed by atoms with Crippen molar-refractivity contribution in [2.45, 2.75) is 44.6 Å². The van der Waals surface area contributed by atoms with Crippen LogP contribution < -0.4 is 5.32 Å². The third-order valence-electron chi connectivity index (χ3n) is 4.01. The molecule has 1 heterocycles. The van der Waals surface area contributed by atoms with Crippen LogP contribution >= 0.6 is 0 Å². The van der Waals surface area contributed by atoms with Crippen LogP contribution in [0.25, 0.3) is 0 Å². The van der Waals surface area contributed by atoms with Crippen LogP contribution in [-0.4, -0.2) is 18.4 Å². The number of rotatable bonds is 3. The summed E-state index contributed by atoms with van der Waals surface area (Å²) in [5.74, 6) is 0.673. The lowest BCUT2D eigenvalue weighted by atomic mass is 10.0. The highest BCUT2D eigenvalue weighted by atomic mass is 16.7. The van der Waals surface area contributed by atoms with Gasteiger partial charge in [0.15, 0.2) is 6.23 Å². The Hall–Kier alpha value is -1.55. The van der Waals surface area contributed by atoms with E-state index >= 15 is 0 Å². The molecule has 1 saturated heterocycles. The van der Waals surface area contributed by atoms with Gasteiger partial charge < -0.3 is 9.47 Å². The molecule has 1 saturated carbocycles. The Balaban J connectivity index is 1.42. The summed E-state index contributed by atoms with van der Waals surface area (Å²) in [6.07, 6.45) is 3.90. The molecule has 1 aliphatic carbocycles. The van der Waals surface area contributed by atoms with Gasteiger partial charge in [0.1, 0.15) is 6.61 Å². The van der Waals surface area contributed by atoms with Crippen molar-refractivity contribution < 1.29 is 14.3 Å². The van der Waals surface area contributed by atoms with Crippen LogP contribution in [0.1, 0.15) is 31.2 Å². The molecule has 3 rings (SSSR count). The monoisotopic (exact) mass is 261 g/mol. The normalized spacial score (nSPS) is 28.9. The quantitative estimate of drug-likeness (QED) is 0.850. The number of carbonyl (C=O) groups excluding carboxylic acids is 1. The smallest absolute Gasteiger partial charge is 0.429 e. The Morgan fingerprint density at radius 1 is 1.26 bits per heavy atom. The summed E-state index contributed by atoms with van der Waals surface area (Å²) in [5, 5.41) is 3.36. The molecule has 1 aliphatic heterocycles. The second-order valence-electron chi connectivity index (χ2n) is 5.33. The van der Waals surface area contributed by atoms with Gasteiger partial charge in [-0.25, -0.2) is 4.79 Å². The molecule has 102 valence electrons. The summed E-state index contributed by atoms with van der Waals surface area (Å²) >= 11 is 0. The van der Waals surface area contributed by atoms with Gasteiger partial charge in [-0.3, -0.25) is 5.32 Å². The Kier molecular flexibility index (Phi) is 3.69. The maximum Gasteiger partial charge on any atom is 0.510 e. The van der Waals surface area contributed by atoms with Crippen molar-refractivity contribution in [2.75, 3.05) is 0 Å². The van der Waals surface area contributed by atoms with E-state index in [1.54, 1.807) is 0 Å². The van der Waals surface area contributed by atoms with Crippen LogP contribution in [0.15, 0.2) is 30.3 Å². The first kappa shape index (κ1) is 12.5. The van der Waals surface area contributed by atoms with Crippen LogP contribution in [-0.2, 0) is 16.1 Å². The SMILES string of the molecule is O=C(OCc1ccccc1)OC1CC2CCC[C@H]2N1. The minimum absolute atomic E-state index is 0.168. The maximum atomic E-state index is 11.6. The lowest BCUT2D eigenvalue weighted by Crippen LogP contribution is -2.33. The first-order valence-corrected chi connectivity index (χ1v) is 6.94. The predicted octanol–water partition coefficient (Wildman–Crippen LogP) is 2.83. The van der Waals surface area contributed by atoms with E-state index in [4.69, 9.17) is 9.47 Å². The Morgan fingerprint density at radius 3 is 2.89 bits per heavy atom. The molecule has 2 fully saturated rings. The van der Waals surface area contributed by atoms with Crippen LogP contribution in [0, 0.1) is 5.92 Å². The first-order chi connectivity index (χ1) is 9.31. The van der Waals surface area contributed by atoms with E-state index in [0.29, 0.717) is 12.0 Å². The van der Waals surface area contributed by atoms with E-state index in [0.717, 1.165) is 12.0 Å². The Bertz CT molecular complexity index is 422. The number of carbonyl (C=O) groups is 1. The molecule has 1 N–H and O–H groups in total. The van der Waals surface area contributed by atoms with Crippen LogP contribution in [0.5, 0.6) is 0 Å². The van der Waals surface area contributed by atoms with Crippen molar-refractivity contribution in [2.24, 2.45) is 5.92 Å². The molecule has 1 aromatic rings. The molecule has 0 bridgehead atoms. The largest absolute Gasteiger partial charge is 0.510 e.